The molecule has 1 aromatic carbocycles. The second-order valence-corrected chi connectivity index (χ2v) is 11.2. The largest absolute Gasteiger partial charge is 0.501 e. The molecule has 0 bridgehead atoms. The molecule has 2 aliphatic rings. The zero-order valence-electron chi connectivity index (χ0n) is 25.7. The van der Waals surface area contributed by atoms with Gasteiger partial charge in [-0.25, -0.2) is 0 Å². The van der Waals surface area contributed by atoms with Gasteiger partial charge in [-0.1, -0.05) is 62.8 Å². The molecule has 42 heavy (non-hydrogen) atoms. The number of hydrogen-bond acceptors (Lipinski definition) is 7. The number of carbonyl (C=O) groups is 4. The maximum absolute atomic E-state index is 13.9. The van der Waals surface area contributed by atoms with Crippen LogP contribution in [0.4, 0.5) is 5.69 Å². The van der Waals surface area contributed by atoms with Crippen LogP contribution in [-0.2, 0) is 28.7 Å². The van der Waals surface area contributed by atoms with Crippen molar-refractivity contribution >= 4 is 41.5 Å². The van der Waals surface area contributed by atoms with Gasteiger partial charge in [0.25, 0.3) is 5.91 Å². The Morgan fingerprint density at radius 3 is 2.52 bits per heavy atom. The number of para-hydroxylation sites is 1. The minimum atomic E-state index is -1.02. The molecule has 1 aromatic rings. The summed E-state index contributed by atoms with van der Waals surface area (Å²) in [5, 5.41) is 2.53. The molecule has 2 amide bonds. The predicted octanol–water partition coefficient (Wildman–Crippen LogP) is 5.79. The van der Waals surface area contributed by atoms with E-state index < -0.39 is 18.0 Å². The maximum Gasteiger partial charge on any atom is 0.303 e. The summed E-state index contributed by atoms with van der Waals surface area (Å²) in [6.07, 6.45) is 10.3. The molecule has 0 saturated carbocycles. The van der Waals surface area contributed by atoms with Crippen LogP contribution in [0.2, 0.25) is 0 Å². The van der Waals surface area contributed by atoms with Crippen molar-refractivity contribution in [1.82, 2.24) is 5.32 Å². The summed E-state index contributed by atoms with van der Waals surface area (Å²) in [5.41, 5.74) is 2.13. The normalized spacial score (nSPS) is 22.4. The van der Waals surface area contributed by atoms with Gasteiger partial charge in [0.15, 0.2) is 6.10 Å². The van der Waals surface area contributed by atoms with E-state index in [9.17, 15) is 19.2 Å². The molecule has 228 valence electrons. The molecule has 0 saturated heterocycles. The minimum absolute atomic E-state index is 0.0825. The van der Waals surface area contributed by atoms with E-state index in [1.165, 1.54) is 18.7 Å². The number of rotatable bonds is 10. The predicted molar refractivity (Wildman–Crippen MR) is 168 cm³/mol. The number of nitrogens with one attached hydrogen (secondary N) is 1. The summed E-state index contributed by atoms with van der Waals surface area (Å²) in [5.74, 6) is -1.07. The van der Waals surface area contributed by atoms with Gasteiger partial charge in [0.2, 0.25) is 5.91 Å². The lowest BCUT2D eigenvalue weighted by Gasteiger charge is -2.28. The summed E-state index contributed by atoms with van der Waals surface area (Å²) in [4.78, 5) is 53.2. The van der Waals surface area contributed by atoms with E-state index in [1.54, 1.807) is 18.1 Å². The molecule has 0 fully saturated rings. The molecule has 0 spiro atoms. The number of thioether (sulfide) groups is 1. The van der Waals surface area contributed by atoms with Crippen LogP contribution >= 0.6 is 11.8 Å². The maximum atomic E-state index is 13.9. The quantitative estimate of drug-likeness (QED) is 0.120. The highest BCUT2D eigenvalue weighted by Crippen LogP contribution is 2.41. The molecule has 1 aliphatic carbocycles. The van der Waals surface area contributed by atoms with E-state index in [-0.39, 0.29) is 36.1 Å². The second-order valence-electron chi connectivity index (χ2n) is 9.94. The standard InChI is InChI=1S/C31H38N2O6S.C2H6/c1-20(14-15-22(3)38-5)18-28-29(39-23(4)35)31(37)33(26-12-8-9-13-27(26)40-28)17-16-32-30(36)24-11-7-6-10-21(2)25(24)19-34;1-2/h6,8-15,19,21,25,28-29H,7,16-18H2,1-5H3,(H,32,36);1-2H3/b20-14+,22-15+;. The summed E-state index contributed by atoms with van der Waals surface area (Å²) in [6.45, 7) is 11.3. The fourth-order valence-corrected chi connectivity index (χ4v) is 6.11. The fraction of sp³-hybridized carbons (Fsp3) is 0.455. The minimum Gasteiger partial charge on any atom is -0.501 e. The number of fused-ring (bicyclic) bond motifs is 1. The first-order chi connectivity index (χ1) is 20.2. The highest BCUT2D eigenvalue weighted by atomic mass is 32.2. The number of esters is 1. The molecule has 1 N–H and O–H groups in total. The molecule has 0 radical (unpaired) electrons. The summed E-state index contributed by atoms with van der Waals surface area (Å²) < 4.78 is 10.8. The highest BCUT2D eigenvalue weighted by molar-refractivity contribution is 8.00. The van der Waals surface area contributed by atoms with Crippen LogP contribution in [0.15, 0.2) is 76.4 Å². The second kappa shape index (κ2) is 17.4. The smallest absolute Gasteiger partial charge is 0.303 e. The Labute approximate surface area is 254 Å². The third-order valence-electron chi connectivity index (χ3n) is 6.89. The van der Waals surface area contributed by atoms with Crippen molar-refractivity contribution in [1.29, 1.82) is 0 Å². The Hall–Kier alpha value is -3.59. The number of benzene rings is 1. The molecular weight excluding hydrogens is 552 g/mol. The first kappa shape index (κ1) is 34.6. The van der Waals surface area contributed by atoms with Crippen molar-refractivity contribution in [2.75, 3.05) is 25.1 Å². The van der Waals surface area contributed by atoms with Gasteiger partial charge < -0.3 is 24.5 Å². The molecular formula is C33H44N2O6S. The van der Waals surface area contributed by atoms with Crippen molar-refractivity contribution in [3.8, 4) is 0 Å². The van der Waals surface area contributed by atoms with Crippen LogP contribution in [0, 0.1) is 11.8 Å². The Morgan fingerprint density at radius 1 is 1.14 bits per heavy atom. The molecule has 3 rings (SSSR count). The van der Waals surface area contributed by atoms with Crippen LogP contribution in [0.3, 0.4) is 0 Å². The van der Waals surface area contributed by atoms with E-state index in [0.717, 1.165) is 22.5 Å². The Balaban J connectivity index is 0.00000301. The highest BCUT2D eigenvalue weighted by Gasteiger charge is 2.40. The Morgan fingerprint density at radius 2 is 1.86 bits per heavy atom. The summed E-state index contributed by atoms with van der Waals surface area (Å²) in [7, 11) is 1.60. The number of amides is 2. The van der Waals surface area contributed by atoms with Crippen LogP contribution in [0.1, 0.15) is 54.4 Å². The lowest BCUT2D eigenvalue weighted by atomic mass is 9.88. The summed E-state index contributed by atoms with van der Waals surface area (Å²) >= 11 is 1.50. The number of anilines is 1. The Kier molecular flexibility index (Phi) is 14.3. The topological polar surface area (TPSA) is 102 Å². The van der Waals surface area contributed by atoms with Gasteiger partial charge in [0, 0.05) is 30.5 Å². The lowest BCUT2D eigenvalue weighted by Crippen LogP contribution is -2.47. The third kappa shape index (κ3) is 9.48. The molecule has 4 unspecified atom stereocenters. The van der Waals surface area contributed by atoms with Gasteiger partial charge in [0.1, 0.15) is 6.29 Å². The van der Waals surface area contributed by atoms with E-state index in [0.29, 0.717) is 24.1 Å². The van der Waals surface area contributed by atoms with Crippen molar-refractivity contribution in [2.45, 2.75) is 70.6 Å². The van der Waals surface area contributed by atoms with Crippen molar-refractivity contribution in [3.05, 3.63) is 71.6 Å². The van der Waals surface area contributed by atoms with Crippen LogP contribution in [0.25, 0.3) is 0 Å². The van der Waals surface area contributed by atoms with Crippen LogP contribution < -0.4 is 10.2 Å². The van der Waals surface area contributed by atoms with E-state index in [4.69, 9.17) is 9.47 Å². The monoisotopic (exact) mass is 596 g/mol. The van der Waals surface area contributed by atoms with E-state index in [1.807, 2.05) is 83.2 Å². The summed E-state index contributed by atoms with van der Waals surface area (Å²) in [6, 6.07) is 7.55. The number of nitrogens with zero attached hydrogens (tertiary/aromatic N) is 1. The SMILES string of the molecule is CC.CO/C(C)=C/C=C(\C)CC1Sc2ccccc2N(CCNC(=O)C2=CCC=CC(C)C2C=O)C(=O)C1OC(C)=O. The average molecular weight is 597 g/mol. The first-order valence-corrected chi connectivity index (χ1v) is 15.3. The van der Waals surface area contributed by atoms with Gasteiger partial charge in [-0.05, 0) is 50.8 Å². The van der Waals surface area contributed by atoms with Gasteiger partial charge in [-0.3, -0.25) is 14.4 Å². The van der Waals surface area contributed by atoms with Crippen LogP contribution in [0.5, 0.6) is 0 Å². The third-order valence-corrected chi connectivity index (χ3v) is 8.21. The number of ether oxygens (including phenoxy) is 2. The number of hydrogen-bond donors (Lipinski definition) is 1. The van der Waals surface area contributed by atoms with Gasteiger partial charge in [-0.2, -0.15) is 0 Å². The molecule has 8 nitrogen and oxygen atoms in total. The lowest BCUT2D eigenvalue weighted by molar-refractivity contribution is -0.152. The van der Waals surface area contributed by atoms with Crippen molar-refractivity contribution in [2.24, 2.45) is 11.8 Å². The van der Waals surface area contributed by atoms with Crippen molar-refractivity contribution in [3.63, 3.8) is 0 Å². The zero-order valence-corrected chi connectivity index (χ0v) is 26.5. The average Bonchev–Trinajstić information content (AvgIpc) is 3.23. The molecule has 9 heteroatoms. The first-order valence-electron chi connectivity index (χ1n) is 14.4. The van der Waals surface area contributed by atoms with Gasteiger partial charge >= 0.3 is 5.97 Å². The molecule has 1 heterocycles. The Bertz CT molecular complexity index is 1230. The zero-order chi connectivity index (χ0) is 31.2. The number of methoxy groups -OCH3 is 1. The number of carbonyl (C=O) groups excluding carboxylic acids is 4. The number of allylic oxidation sites excluding steroid dienone is 7. The molecule has 4 atom stereocenters. The van der Waals surface area contributed by atoms with Gasteiger partial charge in [0.05, 0.1) is 29.7 Å². The number of aldehydes is 1. The molecule has 1 aliphatic heterocycles. The van der Waals surface area contributed by atoms with E-state index >= 15 is 0 Å². The van der Waals surface area contributed by atoms with E-state index in [2.05, 4.69) is 5.32 Å². The fourth-order valence-electron chi connectivity index (χ4n) is 4.69. The van der Waals surface area contributed by atoms with Crippen molar-refractivity contribution < 1.29 is 28.7 Å². The van der Waals surface area contributed by atoms with Crippen LogP contribution in [-0.4, -0.2) is 55.6 Å². The molecule has 0 aromatic heterocycles. The van der Waals surface area contributed by atoms with Gasteiger partial charge in [-0.15, -0.1) is 11.8 Å².